The lowest BCUT2D eigenvalue weighted by Gasteiger charge is -2.16. The van der Waals surface area contributed by atoms with Gasteiger partial charge in [-0.3, -0.25) is 0 Å². The highest BCUT2D eigenvalue weighted by Crippen LogP contribution is 2.53. The van der Waals surface area contributed by atoms with Crippen molar-refractivity contribution in [2.75, 3.05) is 0 Å². The standard InChI is InChI=1S/C55H33N5/c1-4-17-34(18-5-1)53-56-54(35-19-6-2-7-20-35)58-55(57-53)36-21-14-24-38(33-36)60-46-32-16-29-42-40-26-11-10-25-39(40)41-28-15-30-44-47(41)50(48(42)46)52(60)49-43-27-12-13-31-45(43)59(51(44)49)37-22-8-3-9-23-37/h1-33H. The summed E-state index contributed by atoms with van der Waals surface area (Å²) >= 11 is 0. The quantitative estimate of drug-likeness (QED) is 0.175. The van der Waals surface area contributed by atoms with Crippen LogP contribution in [-0.4, -0.2) is 24.1 Å². The first-order chi connectivity index (χ1) is 29.8. The number of hydrogen-bond donors (Lipinski definition) is 0. The molecule has 5 nitrogen and oxygen atoms in total. The lowest BCUT2D eigenvalue weighted by atomic mass is 9.92. The molecule has 12 aromatic rings. The predicted octanol–water partition coefficient (Wildman–Crippen LogP) is 13.9. The zero-order valence-electron chi connectivity index (χ0n) is 32.3. The minimum atomic E-state index is 0.625. The van der Waals surface area contributed by atoms with Crippen LogP contribution in [0.5, 0.6) is 0 Å². The highest BCUT2D eigenvalue weighted by Gasteiger charge is 2.29. The largest absolute Gasteiger partial charge is 0.309 e. The van der Waals surface area contributed by atoms with Crippen LogP contribution in [-0.2, 0) is 0 Å². The third-order valence-electron chi connectivity index (χ3n) is 12.3. The maximum Gasteiger partial charge on any atom is 0.164 e. The second kappa shape index (κ2) is 12.7. The molecule has 1 aliphatic rings. The van der Waals surface area contributed by atoms with Crippen LogP contribution in [0.25, 0.3) is 122 Å². The zero-order chi connectivity index (χ0) is 39.3. The van der Waals surface area contributed by atoms with E-state index in [1.807, 2.05) is 36.4 Å². The Morgan fingerprint density at radius 1 is 0.283 bits per heavy atom. The number of fused-ring (bicyclic) bond motifs is 8. The molecule has 0 amide bonds. The summed E-state index contributed by atoms with van der Waals surface area (Å²) in [4.78, 5) is 15.3. The Balaban J connectivity index is 1.19. The fourth-order valence-corrected chi connectivity index (χ4v) is 9.81. The molecule has 0 unspecified atom stereocenters. The number of para-hydroxylation sites is 2. The molecule has 60 heavy (non-hydrogen) atoms. The maximum atomic E-state index is 5.14. The van der Waals surface area contributed by atoms with Gasteiger partial charge >= 0.3 is 0 Å². The summed E-state index contributed by atoms with van der Waals surface area (Å²) in [6.07, 6.45) is 0. The molecule has 0 N–H and O–H groups in total. The van der Waals surface area contributed by atoms with E-state index in [1.165, 1.54) is 71.1 Å². The molecule has 0 radical (unpaired) electrons. The van der Waals surface area contributed by atoms with Crippen molar-refractivity contribution in [3.63, 3.8) is 0 Å². The summed E-state index contributed by atoms with van der Waals surface area (Å²) < 4.78 is 4.98. The molecule has 0 atom stereocenters. The van der Waals surface area contributed by atoms with Crippen LogP contribution in [0.15, 0.2) is 200 Å². The van der Waals surface area contributed by atoms with Gasteiger partial charge in [-0.15, -0.1) is 0 Å². The third kappa shape index (κ3) is 4.66. The van der Waals surface area contributed by atoms with E-state index < -0.39 is 0 Å². The van der Waals surface area contributed by atoms with Crippen molar-refractivity contribution < 1.29 is 0 Å². The topological polar surface area (TPSA) is 48.5 Å². The van der Waals surface area contributed by atoms with E-state index in [2.05, 4.69) is 173 Å². The van der Waals surface area contributed by atoms with Gasteiger partial charge in [0.25, 0.3) is 0 Å². The minimum Gasteiger partial charge on any atom is -0.309 e. The van der Waals surface area contributed by atoms with Crippen molar-refractivity contribution >= 4 is 54.4 Å². The predicted molar refractivity (Wildman–Crippen MR) is 247 cm³/mol. The molecule has 0 saturated heterocycles. The lowest BCUT2D eigenvalue weighted by molar-refractivity contribution is 1.07. The minimum absolute atomic E-state index is 0.625. The molecule has 1 aliphatic carbocycles. The van der Waals surface area contributed by atoms with E-state index in [0.29, 0.717) is 17.5 Å². The molecule has 3 aromatic heterocycles. The van der Waals surface area contributed by atoms with Gasteiger partial charge in [-0.25, -0.2) is 15.0 Å². The summed E-state index contributed by atoms with van der Waals surface area (Å²) in [5, 5.41) is 7.48. The van der Waals surface area contributed by atoms with E-state index >= 15 is 0 Å². The summed E-state index contributed by atoms with van der Waals surface area (Å²) in [7, 11) is 0. The summed E-state index contributed by atoms with van der Waals surface area (Å²) in [5.41, 5.74) is 14.7. The third-order valence-corrected chi connectivity index (χ3v) is 12.3. The average molecular weight is 764 g/mol. The van der Waals surface area contributed by atoms with Gasteiger partial charge in [-0.2, -0.15) is 0 Å². The zero-order valence-corrected chi connectivity index (χ0v) is 32.3. The smallest absolute Gasteiger partial charge is 0.164 e. The Hall–Kier alpha value is -8.15. The number of nitrogens with zero attached hydrogens (tertiary/aromatic N) is 5. The molecule has 0 bridgehead atoms. The molecular weight excluding hydrogens is 731 g/mol. The van der Waals surface area contributed by atoms with Crippen LogP contribution in [0, 0.1) is 0 Å². The Bertz CT molecular complexity index is 3640. The molecule has 0 spiro atoms. The Labute approximate surface area is 345 Å². The van der Waals surface area contributed by atoms with Crippen molar-refractivity contribution in [3.05, 3.63) is 200 Å². The van der Waals surface area contributed by atoms with Crippen molar-refractivity contribution in [3.8, 4) is 67.8 Å². The fraction of sp³-hybridized carbons (Fsp3) is 0. The van der Waals surface area contributed by atoms with Crippen LogP contribution in [0.1, 0.15) is 0 Å². The van der Waals surface area contributed by atoms with Crippen molar-refractivity contribution in [1.29, 1.82) is 0 Å². The van der Waals surface area contributed by atoms with Crippen LogP contribution in [0.2, 0.25) is 0 Å². The average Bonchev–Trinajstić information content (AvgIpc) is 3.82. The summed E-state index contributed by atoms with van der Waals surface area (Å²) in [6.45, 7) is 0. The molecule has 9 aromatic carbocycles. The van der Waals surface area contributed by atoms with E-state index in [9.17, 15) is 0 Å². The normalized spacial score (nSPS) is 12.0. The molecular formula is C55H33N5. The van der Waals surface area contributed by atoms with Gasteiger partial charge in [0, 0.05) is 60.4 Å². The van der Waals surface area contributed by atoms with Gasteiger partial charge in [0.05, 0.1) is 22.1 Å². The molecule has 3 heterocycles. The lowest BCUT2D eigenvalue weighted by Crippen LogP contribution is -2.01. The molecule has 0 fully saturated rings. The molecule has 0 saturated carbocycles. The highest BCUT2D eigenvalue weighted by molar-refractivity contribution is 6.41. The second-order valence-electron chi connectivity index (χ2n) is 15.5. The first-order valence-corrected chi connectivity index (χ1v) is 20.4. The van der Waals surface area contributed by atoms with Gasteiger partial charge in [0.15, 0.2) is 17.5 Å². The molecule has 0 aliphatic heterocycles. The van der Waals surface area contributed by atoms with Crippen molar-refractivity contribution in [2.24, 2.45) is 0 Å². The van der Waals surface area contributed by atoms with Gasteiger partial charge in [-0.05, 0) is 58.7 Å². The monoisotopic (exact) mass is 763 g/mol. The summed E-state index contributed by atoms with van der Waals surface area (Å²) in [5.74, 6) is 1.91. The van der Waals surface area contributed by atoms with Crippen molar-refractivity contribution in [1.82, 2.24) is 24.1 Å². The van der Waals surface area contributed by atoms with Gasteiger partial charge in [0.1, 0.15) is 0 Å². The van der Waals surface area contributed by atoms with Crippen LogP contribution in [0.3, 0.4) is 0 Å². The fourth-order valence-electron chi connectivity index (χ4n) is 9.81. The Morgan fingerprint density at radius 2 is 0.750 bits per heavy atom. The van der Waals surface area contributed by atoms with Crippen LogP contribution >= 0.6 is 0 Å². The molecule has 13 rings (SSSR count). The van der Waals surface area contributed by atoms with E-state index in [0.717, 1.165) is 33.6 Å². The van der Waals surface area contributed by atoms with E-state index in [4.69, 9.17) is 15.0 Å². The first-order valence-electron chi connectivity index (χ1n) is 20.4. The van der Waals surface area contributed by atoms with Crippen LogP contribution < -0.4 is 0 Å². The molecule has 278 valence electrons. The number of aromatic nitrogens is 5. The van der Waals surface area contributed by atoms with Crippen LogP contribution in [0.4, 0.5) is 0 Å². The van der Waals surface area contributed by atoms with E-state index in [-0.39, 0.29) is 0 Å². The highest BCUT2D eigenvalue weighted by atomic mass is 15.0. The van der Waals surface area contributed by atoms with Crippen molar-refractivity contribution in [2.45, 2.75) is 0 Å². The van der Waals surface area contributed by atoms with Gasteiger partial charge in [0.2, 0.25) is 0 Å². The van der Waals surface area contributed by atoms with E-state index in [1.54, 1.807) is 0 Å². The number of hydrogen-bond acceptors (Lipinski definition) is 3. The Morgan fingerprint density at radius 3 is 1.45 bits per heavy atom. The number of rotatable bonds is 5. The number of benzene rings is 9. The van der Waals surface area contributed by atoms with Gasteiger partial charge < -0.3 is 9.13 Å². The molecule has 5 heteroatoms. The second-order valence-corrected chi connectivity index (χ2v) is 15.5. The first kappa shape index (κ1) is 32.9. The van der Waals surface area contributed by atoms with Gasteiger partial charge in [-0.1, -0.05) is 164 Å². The summed E-state index contributed by atoms with van der Waals surface area (Å²) in [6, 6.07) is 71.4. The maximum absolute atomic E-state index is 5.14. The SMILES string of the molecule is c1ccc(-c2nc(-c3ccccc3)nc(-c3cccc(-n4c5cccc6c5c5c7c(cccc7c7c(c8ccccc8n7-c7ccccc7)c54)-c4ccccc4-6)c3)n2)cc1. The Kier molecular flexibility index (Phi) is 6.95.